The summed E-state index contributed by atoms with van der Waals surface area (Å²) in [5, 5.41) is 5.04. The molecule has 2 atom stereocenters. The van der Waals surface area contributed by atoms with Gasteiger partial charge in [0.1, 0.15) is 5.82 Å². The minimum atomic E-state index is -0.388. The number of benzene rings is 1. The van der Waals surface area contributed by atoms with Crippen molar-refractivity contribution in [1.29, 1.82) is 0 Å². The monoisotopic (exact) mass is 368 g/mol. The van der Waals surface area contributed by atoms with Crippen molar-refractivity contribution in [2.24, 2.45) is 0 Å². The number of thiophene rings is 1. The van der Waals surface area contributed by atoms with E-state index in [0.717, 1.165) is 13.0 Å². The van der Waals surface area contributed by atoms with E-state index >= 15 is 0 Å². The largest absolute Gasteiger partial charge is 0.351 e. The number of amides is 1. The molecule has 2 heterocycles. The predicted octanol–water partition coefficient (Wildman–Crippen LogP) is 4.05. The molecule has 6 heteroatoms. The van der Waals surface area contributed by atoms with E-state index in [4.69, 9.17) is 0 Å². The number of carbonyl (C=O) groups is 1. The van der Waals surface area contributed by atoms with Crippen molar-refractivity contribution in [1.82, 2.24) is 10.2 Å². The lowest BCUT2D eigenvalue weighted by Gasteiger charge is -2.38. The van der Waals surface area contributed by atoms with Crippen LogP contribution >= 0.6 is 23.7 Å². The van der Waals surface area contributed by atoms with E-state index in [1.54, 1.807) is 23.5 Å². The molecule has 2 unspecified atom stereocenters. The first-order valence-corrected chi connectivity index (χ1v) is 8.80. The molecule has 1 aliphatic heterocycles. The highest BCUT2D eigenvalue weighted by molar-refractivity contribution is 7.10. The highest BCUT2D eigenvalue weighted by atomic mass is 35.5. The maximum absolute atomic E-state index is 13.2. The van der Waals surface area contributed by atoms with Crippen molar-refractivity contribution in [3.8, 4) is 0 Å². The molecule has 1 amide bonds. The quantitative estimate of drug-likeness (QED) is 0.883. The van der Waals surface area contributed by atoms with Crippen LogP contribution in [-0.4, -0.2) is 29.9 Å². The Kier molecular flexibility index (Phi) is 6.38. The third-order valence-corrected chi connectivity index (χ3v) is 5.61. The highest BCUT2D eigenvalue weighted by Gasteiger charge is 2.29. The number of fused-ring (bicyclic) bond motifs is 1. The van der Waals surface area contributed by atoms with Crippen LogP contribution in [0.1, 0.15) is 40.7 Å². The van der Waals surface area contributed by atoms with E-state index < -0.39 is 0 Å². The normalized spacial score (nSPS) is 20.1. The fourth-order valence-electron chi connectivity index (χ4n) is 3.29. The van der Waals surface area contributed by atoms with E-state index in [2.05, 4.69) is 35.5 Å². The topological polar surface area (TPSA) is 32.3 Å². The molecule has 0 fully saturated rings. The number of carbonyl (C=O) groups excluding carboxylic acids is 1. The van der Waals surface area contributed by atoms with E-state index in [-0.39, 0.29) is 24.1 Å². The molecule has 0 saturated carbocycles. The molecule has 2 aromatic rings. The summed E-state index contributed by atoms with van der Waals surface area (Å²) >= 11 is 1.81. The molecule has 0 bridgehead atoms. The molecular weight excluding hydrogens is 347 g/mol. The highest BCUT2D eigenvalue weighted by Crippen LogP contribution is 2.35. The number of rotatable bonds is 4. The zero-order chi connectivity index (χ0) is 16.4. The summed E-state index contributed by atoms with van der Waals surface area (Å²) in [6.07, 6.45) is 1.06. The van der Waals surface area contributed by atoms with Crippen LogP contribution in [0.15, 0.2) is 35.7 Å². The van der Waals surface area contributed by atoms with Gasteiger partial charge >= 0.3 is 0 Å². The standard InChI is InChI=1S/C18H21FN2OS.ClH/c1-12-10-14-6-9-23-17(14)13(2)21(12)8-7-20-18(22)15-4-3-5-16(19)11-15;/h3-6,9,11-13H,7-8,10H2,1-2H3,(H,20,22);1H. The van der Waals surface area contributed by atoms with Crippen LogP contribution < -0.4 is 5.32 Å². The summed E-state index contributed by atoms with van der Waals surface area (Å²) in [6.45, 7) is 5.80. The van der Waals surface area contributed by atoms with Gasteiger partial charge in [0, 0.05) is 35.6 Å². The molecule has 0 spiro atoms. The Labute approximate surface area is 152 Å². The van der Waals surface area contributed by atoms with E-state index in [0.29, 0.717) is 24.2 Å². The molecule has 1 aromatic carbocycles. The van der Waals surface area contributed by atoms with Crippen molar-refractivity contribution in [2.75, 3.05) is 13.1 Å². The average Bonchev–Trinajstić information content (AvgIpc) is 2.98. The number of hydrogen-bond acceptors (Lipinski definition) is 3. The van der Waals surface area contributed by atoms with Crippen LogP contribution in [0.4, 0.5) is 4.39 Å². The van der Waals surface area contributed by atoms with Gasteiger partial charge in [0.25, 0.3) is 5.91 Å². The molecule has 0 radical (unpaired) electrons. The fourth-order valence-corrected chi connectivity index (χ4v) is 4.31. The zero-order valence-corrected chi connectivity index (χ0v) is 15.4. The van der Waals surface area contributed by atoms with Gasteiger partial charge in [-0.3, -0.25) is 9.69 Å². The summed E-state index contributed by atoms with van der Waals surface area (Å²) in [7, 11) is 0. The summed E-state index contributed by atoms with van der Waals surface area (Å²) in [5.41, 5.74) is 1.82. The van der Waals surface area contributed by atoms with Crippen molar-refractivity contribution < 1.29 is 9.18 Å². The van der Waals surface area contributed by atoms with Crippen molar-refractivity contribution in [3.63, 3.8) is 0 Å². The zero-order valence-electron chi connectivity index (χ0n) is 13.8. The van der Waals surface area contributed by atoms with Gasteiger partial charge in [-0.15, -0.1) is 23.7 Å². The molecule has 1 N–H and O–H groups in total. The number of nitrogens with one attached hydrogen (secondary N) is 1. The van der Waals surface area contributed by atoms with E-state index in [1.807, 2.05) is 0 Å². The lowest BCUT2D eigenvalue weighted by Crippen LogP contribution is -2.44. The molecule has 3 rings (SSSR count). The van der Waals surface area contributed by atoms with Crippen LogP contribution in [0.3, 0.4) is 0 Å². The predicted molar refractivity (Wildman–Crippen MR) is 98.6 cm³/mol. The molecule has 24 heavy (non-hydrogen) atoms. The second-order valence-electron chi connectivity index (χ2n) is 6.04. The van der Waals surface area contributed by atoms with Gasteiger partial charge in [-0.25, -0.2) is 4.39 Å². The SMILES string of the molecule is CC1Cc2ccsc2C(C)N1CCNC(=O)c1cccc(F)c1.Cl. The smallest absolute Gasteiger partial charge is 0.251 e. The Balaban J connectivity index is 0.00000208. The second-order valence-corrected chi connectivity index (χ2v) is 6.99. The first-order chi connectivity index (χ1) is 11.1. The molecular formula is C18H22ClFN2OS. The third kappa shape index (κ3) is 3.97. The van der Waals surface area contributed by atoms with Gasteiger partial charge in [-0.05, 0) is 55.5 Å². The summed E-state index contributed by atoms with van der Waals surface area (Å²) in [4.78, 5) is 15.9. The minimum absolute atomic E-state index is 0. The van der Waals surface area contributed by atoms with Crippen LogP contribution in [-0.2, 0) is 6.42 Å². The summed E-state index contributed by atoms with van der Waals surface area (Å²) in [5.74, 6) is -0.611. The van der Waals surface area contributed by atoms with Gasteiger partial charge in [0.05, 0.1) is 0 Å². The van der Waals surface area contributed by atoms with E-state index in [1.165, 1.54) is 22.6 Å². The number of hydrogen-bond donors (Lipinski definition) is 1. The van der Waals surface area contributed by atoms with Gasteiger partial charge in [0.15, 0.2) is 0 Å². The van der Waals surface area contributed by atoms with Gasteiger partial charge in [-0.2, -0.15) is 0 Å². The fraction of sp³-hybridized carbons (Fsp3) is 0.389. The average molecular weight is 369 g/mol. The second kappa shape index (κ2) is 8.10. The van der Waals surface area contributed by atoms with Crippen LogP contribution in [0.25, 0.3) is 0 Å². The number of nitrogens with zero attached hydrogens (tertiary/aromatic N) is 1. The molecule has 1 aromatic heterocycles. The first-order valence-electron chi connectivity index (χ1n) is 7.92. The lowest BCUT2D eigenvalue weighted by atomic mass is 9.97. The third-order valence-electron chi connectivity index (χ3n) is 4.48. The van der Waals surface area contributed by atoms with Crippen LogP contribution in [0.2, 0.25) is 0 Å². The van der Waals surface area contributed by atoms with Crippen molar-refractivity contribution in [2.45, 2.75) is 32.4 Å². The minimum Gasteiger partial charge on any atom is -0.351 e. The molecule has 3 nitrogen and oxygen atoms in total. The molecule has 0 aliphatic carbocycles. The molecule has 130 valence electrons. The first kappa shape index (κ1) is 18.9. The molecule has 0 saturated heterocycles. The van der Waals surface area contributed by atoms with Crippen molar-refractivity contribution >= 4 is 29.7 Å². The summed E-state index contributed by atoms with van der Waals surface area (Å²) in [6, 6.07) is 8.83. The Bertz CT molecular complexity index is 706. The Morgan fingerprint density at radius 2 is 2.17 bits per heavy atom. The Hall–Kier alpha value is -1.43. The van der Waals surface area contributed by atoms with Crippen molar-refractivity contribution in [3.05, 3.63) is 57.5 Å². The Morgan fingerprint density at radius 3 is 2.92 bits per heavy atom. The lowest BCUT2D eigenvalue weighted by molar-refractivity contribution is 0.0930. The van der Waals surface area contributed by atoms with Crippen LogP contribution in [0, 0.1) is 5.82 Å². The summed E-state index contributed by atoms with van der Waals surface area (Å²) < 4.78 is 13.2. The number of halogens is 2. The van der Waals surface area contributed by atoms with E-state index in [9.17, 15) is 9.18 Å². The maximum atomic E-state index is 13.2. The molecule has 1 aliphatic rings. The van der Waals surface area contributed by atoms with Crippen LogP contribution in [0.5, 0.6) is 0 Å². The van der Waals surface area contributed by atoms with Gasteiger partial charge in [-0.1, -0.05) is 6.07 Å². The van der Waals surface area contributed by atoms with Gasteiger partial charge in [0.2, 0.25) is 0 Å². The Morgan fingerprint density at radius 1 is 1.38 bits per heavy atom. The van der Waals surface area contributed by atoms with Gasteiger partial charge < -0.3 is 5.32 Å². The maximum Gasteiger partial charge on any atom is 0.251 e.